The molecule has 1 rings (SSSR count). The lowest BCUT2D eigenvalue weighted by Crippen LogP contribution is -2.17. The van der Waals surface area contributed by atoms with Crippen LogP contribution in [0, 0.1) is 0 Å². The SMILES string of the molecule is C.C.COC(CCS(=O)c1ccccc1)CC(C)=O. The van der Waals surface area contributed by atoms with Gasteiger partial charge in [-0.25, -0.2) is 0 Å². The van der Waals surface area contributed by atoms with E-state index in [1.54, 1.807) is 14.0 Å². The number of methoxy groups -OCH3 is 1. The van der Waals surface area contributed by atoms with Crippen LogP contribution in [0.2, 0.25) is 0 Å². The Morgan fingerprint density at radius 3 is 2.32 bits per heavy atom. The first-order valence-corrected chi connectivity index (χ1v) is 6.91. The number of carbonyl (C=O) groups excluding carboxylic acids is 1. The third kappa shape index (κ3) is 7.90. The molecule has 0 aliphatic heterocycles. The van der Waals surface area contributed by atoms with Gasteiger partial charge in [0.05, 0.1) is 16.9 Å². The average molecular weight is 286 g/mol. The maximum absolute atomic E-state index is 11.9. The molecule has 110 valence electrons. The summed E-state index contributed by atoms with van der Waals surface area (Å²) in [4.78, 5) is 11.8. The minimum Gasteiger partial charge on any atom is -0.381 e. The van der Waals surface area contributed by atoms with Crippen molar-refractivity contribution in [2.24, 2.45) is 0 Å². The summed E-state index contributed by atoms with van der Waals surface area (Å²) in [7, 11) is 0.571. The van der Waals surface area contributed by atoms with E-state index in [9.17, 15) is 9.00 Å². The zero-order chi connectivity index (χ0) is 12.7. The van der Waals surface area contributed by atoms with Gasteiger partial charge >= 0.3 is 0 Å². The molecule has 0 bridgehead atoms. The minimum absolute atomic E-state index is 0. The Kier molecular flexibility index (Phi) is 11.6. The molecule has 0 N–H and O–H groups in total. The van der Waals surface area contributed by atoms with Gasteiger partial charge in [0, 0.05) is 24.2 Å². The Balaban J connectivity index is 0. The van der Waals surface area contributed by atoms with Gasteiger partial charge in [-0.15, -0.1) is 0 Å². The molecule has 2 atom stereocenters. The summed E-state index contributed by atoms with van der Waals surface area (Å²) in [6.45, 7) is 1.54. The molecule has 1 aromatic rings. The topological polar surface area (TPSA) is 43.4 Å². The van der Waals surface area contributed by atoms with Crippen LogP contribution in [-0.4, -0.2) is 29.0 Å². The molecule has 2 unspecified atom stereocenters. The normalized spacial score (nSPS) is 12.7. The Hall–Kier alpha value is -1.00. The summed E-state index contributed by atoms with van der Waals surface area (Å²) in [5.74, 6) is 0.623. The fourth-order valence-electron chi connectivity index (χ4n) is 1.55. The zero-order valence-corrected chi connectivity index (χ0v) is 11.0. The van der Waals surface area contributed by atoms with Gasteiger partial charge in [0.2, 0.25) is 0 Å². The smallest absolute Gasteiger partial charge is 0.132 e. The van der Waals surface area contributed by atoms with Gasteiger partial charge < -0.3 is 4.74 Å². The number of rotatable bonds is 7. The third-order valence-electron chi connectivity index (χ3n) is 2.48. The highest BCUT2D eigenvalue weighted by Crippen LogP contribution is 2.10. The molecule has 3 nitrogen and oxygen atoms in total. The number of ether oxygens (including phenoxy) is 1. The molecule has 19 heavy (non-hydrogen) atoms. The molecule has 0 aliphatic carbocycles. The maximum atomic E-state index is 11.9. The van der Waals surface area contributed by atoms with E-state index in [0.717, 1.165) is 4.90 Å². The van der Waals surface area contributed by atoms with Crippen molar-refractivity contribution < 1.29 is 13.7 Å². The van der Waals surface area contributed by atoms with Gasteiger partial charge in [0.25, 0.3) is 0 Å². The molecule has 4 heteroatoms. The van der Waals surface area contributed by atoms with E-state index in [0.29, 0.717) is 18.6 Å². The first-order valence-electron chi connectivity index (χ1n) is 5.59. The van der Waals surface area contributed by atoms with Crippen LogP contribution < -0.4 is 0 Å². The van der Waals surface area contributed by atoms with Gasteiger partial charge in [-0.3, -0.25) is 9.00 Å². The monoisotopic (exact) mass is 286 g/mol. The summed E-state index contributed by atoms with van der Waals surface area (Å²) in [6.07, 6.45) is 0.903. The Morgan fingerprint density at radius 2 is 1.84 bits per heavy atom. The summed E-state index contributed by atoms with van der Waals surface area (Å²) in [5, 5.41) is 0. The van der Waals surface area contributed by atoms with E-state index in [4.69, 9.17) is 4.74 Å². The molecule has 0 spiro atoms. The third-order valence-corrected chi connectivity index (χ3v) is 3.88. The van der Waals surface area contributed by atoms with Crippen LogP contribution in [0.3, 0.4) is 0 Å². The summed E-state index contributed by atoms with van der Waals surface area (Å²) < 4.78 is 17.1. The molecule has 0 radical (unpaired) electrons. The first kappa shape index (κ1) is 20.3. The standard InChI is InChI=1S/C13H18O3S.2CH4/c1-11(14)10-12(16-2)8-9-17(15)13-6-4-3-5-7-13;;/h3-7,12H,8-10H2,1-2H3;2*1H4. The van der Waals surface area contributed by atoms with Crippen LogP contribution in [-0.2, 0) is 20.3 Å². The number of Topliss-reactive ketones (excluding diaryl/α,β-unsaturated/α-hetero) is 1. The maximum Gasteiger partial charge on any atom is 0.132 e. The van der Waals surface area contributed by atoms with Crippen molar-refractivity contribution in [2.75, 3.05) is 12.9 Å². The van der Waals surface area contributed by atoms with Crippen LogP contribution in [0.15, 0.2) is 35.2 Å². The highest BCUT2D eigenvalue weighted by molar-refractivity contribution is 7.85. The Morgan fingerprint density at radius 1 is 1.26 bits per heavy atom. The number of hydrogen-bond donors (Lipinski definition) is 0. The fourth-order valence-corrected chi connectivity index (χ4v) is 2.73. The fraction of sp³-hybridized carbons (Fsp3) is 0.533. The second-order valence-electron chi connectivity index (χ2n) is 3.92. The second-order valence-corrected chi connectivity index (χ2v) is 5.49. The lowest BCUT2D eigenvalue weighted by molar-refractivity contribution is -0.119. The summed E-state index contributed by atoms with van der Waals surface area (Å²) in [6, 6.07) is 9.34. The van der Waals surface area contributed by atoms with E-state index in [-0.39, 0.29) is 26.7 Å². The first-order chi connectivity index (χ1) is 8.13. The van der Waals surface area contributed by atoms with Crippen LogP contribution in [0.4, 0.5) is 0 Å². The van der Waals surface area contributed by atoms with E-state index in [2.05, 4.69) is 0 Å². The van der Waals surface area contributed by atoms with Crippen molar-refractivity contribution in [3.05, 3.63) is 30.3 Å². The predicted octanol–water partition coefficient (Wildman–Crippen LogP) is 3.45. The van der Waals surface area contributed by atoms with Crippen molar-refractivity contribution in [2.45, 2.75) is 45.6 Å². The number of benzene rings is 1. The van der Waals surface area contributed by atoms with Crippen molar-refractivity contribution in [3.63, 3.8) is 0 Å². The van der Waals surface area contributed by atoms with Gasteiger partial charge in [-0.1, -0.05) is 33.1 Å². The Labute approximate surface area is 119 Å². The zero-order valence-electron chi connectivity index (χ0n) is 10.2. The quantitative estimate of drug-likeness (QED) is 0.771. The van der Waals surface area contributed by atoms with Crippen LogP contribution in [0.25, 0.3) is 0 Å². The van der Waals surface area contributed by atoms with E-state index < -0.39 is 10.8 Å². The highest BCUT2D eigenvalue weighted by atomic mass is 32.2. The van der Waals surface area contributed by atoms with Crippen LogP contribution in [0.5, 0.6) is 0 Å². The lowest BCUT2D eigenvalue weighted by atomic mass is 10.1. The van der Waals surface area contributed by atoms with Gasteiger partial charge in [-0.2, -0.15) is 0 Å². The predicted molar refractivity (Wildman–Crippen MR) is 81.9 cm³/mol. The minimum atomic E-state index is -1.01. The number of carbonyl (C=O) groups is 1. The van der Waals surface area contributed by atoms with Crippen molar-refractivity contribution in [1.29, 1.82) is 0 Å². The molecule has 0 fully saturated rings. The molecule has 0 amide bonds. The molecule has 1 aromatic carbocycles. The van der Waals surface area contributed by atoms with Gasteiger partial charge in [-0.05, 0) is 25.5 Å². The van der Waals surface area contributed by atoms with Crippen molar-refractivity contribution in [1.82, 2.24) is 0 Å². The average Bonchev–Trinajstić information content (AvgIpc) is 2.34. The molecule has 0 saturated heterocycles. The van der Waals surface area contributed by atoms with Crippen LogP contribution >= 0.6 is 0 Å². The van der Waals surface area contributed by atoms with E-state index >= 15 is 0 Å². The molecule has 0 heterocycles. The summed E-state index contributed by atoms with van der Waals surface area (Å²) in [5.41, 5.74) is 0. The number of ketones is 1. The van der Waals surface area contributed by atoms with E-state index in [1.165, 1.54) is 0 Å². The Bertz CT molecular complexity index is 376. The van der Waals surface area contributed by atoms with Crippen LogP contribution in [0.1, 0.15) is 34.6 Å². The lowest BCUT2D eigenvalue weighted by Gasteiger charge is -2.13. The van der Waals surface area contributed by atoms with Crippen molar-refractivity contribution >= 4 is 16.6 Å². The van der Waals surface area contributed by atoms with Gasteiger partial charge in [0.1, 0.15) is 5.78 Å². The van der Waals surface area contributed by atoms with E-state index in [1.807, 2.05) is 30.3 Å². The second kappa shape index (κ2) is 10.9. The summed E-state index contributed by atoms with van der Waals surface area (Å²) >= 11 is 0. The molecular formula is C15H26O3S. The molecule has 0 aliphatic rings. The largest absolute Gasteiger partial charge is 0.381 e. The highest BCUT2D eigenvalue weighted by Gasteiger charge is 2.12. The molecular weight excluding hydrogens is 260 g/mol. The number of hydrogen-bond acceptors (Lipinski definition) is 3. The molecule has 0 saturated carbocycles. The van der Waals surface area contributed by atoms with Gasteiger partial charge in [0.15, 0.2) is 0 Å². The van der Waals surface area contributed by atoms with Crippen molar-refractivity contribution in [3.8, 4) is 0 Å². The molecule has 0 aromatic heterocycles.